The third-order valence-corrected chi connectivity index (χ3v) is 4.71. The van der Waals surface area contributed by atoms with Crippen LogP contribution in [0.3, 0.4) is 0 Å². The van der Waals surface area contributed by atoms with E-state index in [1.54, 1.807) is 6.20 Å². The lowest BCUT2D eigenvalue weighted by Crippen LogP contribution is -2.16. The van der Waals surface area contributed by atoms with Crippen LogP contribution in [0.2, 0.25) is 0 Å². The number of anilines is 2. The maximum atomic E-state index is 5.98. The first-order chi connectivity index (χ1) is 12.3. The third-order valence-electron chi connectivity index (χ3n) is 3.78. The fourth-order valence-corrected chi connectivity index (χ4v) is 3.44. The number of nitrogens with zero attached hydrogens (tertiary/aromatic N) is 3. The van der Waals surface area contributed by atoms with Gasteiger partial charge in [-0.05, 0) is 19.1 Å². The van der Waals surface area contributed by atoms with Crippen molar-refractivity contribution < 1.29 is 9.47 Å². The molecule has 1 N–H and O–H groups in total. The second kappa shape index (κ2) is 7.16. The first kappa shape index (κ1) is 16.0. The summed E-state index contributed by atoms with van der Waals surface area (Å²) >= 11 is 1.54. The highest BCUT2D eigenvalue weighted by molar-refractivity contribution is 7.18. The van der Waals surface area contributed by atoms with Gasteiger partial charge in [0.2, 0.25) is 0 Å². The lowest BCUT2D eigenvalue weighted by Gasteiger charge is -2.13. The topological polar surface area (TPSA) is 69.2 Å². The molecular weight excluding hydrogens is 336 g/mol. The monoisotopic (exact) mass is 354 g/mol. The van der Waals surface area contributed by atoms with E-state index >= 15 is 0 Å². The van der Waals surface area contributed by atoms with E-state index in [1.165, 1.54) is 11.3 Å². The molecule has 0 unspecified atom stereocenters. The first-order valence-electron chi connectivity index (χ1n) is 8.13. The molecule has 1 atom stereocenters. The van der Waals surface area contributed by atoms with Crippen molar-refractivity contribution in [3.8, 4) is 16.3 Å². The molecule has 0 spiro atoms. The van der Waals surface area contributed by atoms with Gasteiger partial charge in [0.15, 0.2) is 5.13 Å². The fourth-order valence-electron chi connectivity index (χ4n) is 2.64. The molecule has 0 radical (unpaired) electrons. The average Bonchev–Trinajstić information content (AvgIpc) is 3.27. The number of thiazole rings is 1. The van der Waals surface area contributed by atoms with E-state index in [-0.39, 0.29) is 6.10 Å². The van der Waals surface area contributed by atoms with Crippen molar-refractivity contribution in [3.63, 3.8) is 0 Å². The van der Waals surface area contributed by atoms with E-state index in [1.807, 2.05) is 43.5 Å². The highest BCUT2D eigenvalue weighted by Gasteiger charge is 2.17. The summed E-state index contributed by atoms with van der Waals surface area (Å²) in [6, 6.07) is 9.67. The molecule has 0 saturated carbocycles. The smallest absolute Gasteiger partial charge is 0.188 e. The molecular formula is C18H18N4O2S. The minimum absolute atomic E-state index is 0.116. The molecule has 25 heavy (non-hydrogen) atoms. The van der Waals surface area contributed by atoms with Crippen LogP contribution in [0, 0.1) is 6.92 Å². The zero-order valence-electron chi connectivity index (χ0n) is 13.8. The van der Waals surface area contributed by atoms with Crippen LogP contribution in [0.25, 0.3) is 10.6 Å². The lowest BCUT2D eigenvalue weighted by molar-refractivity contribution is 0.141. The molecule has 1 fully saturated rings. The summed E-state index contributed by atoms with van der Waals surface area (Å²) < 4.78 is 11.3. The molecule has 1 aliphatic heterocycles. The van der Waals surface area contributed by atoms with Gasteiger partial charge in [0, 0.05) is 36.6 Å². The number of hydrogen-bond acceptors (Lipinski definition) is 7. The van der Waals surface area contributed by atoms with Crippen LogP contribution in [-0.4, -0.2) is 34.3 Å². The molecule has 6 nitrogen and oxygen atoms in total. The number of ether oxygens (including phenoxy) is 2. The summed E-state index contributed by atoms with van der Waals surface area (Å²) in [4.78, 5) is 14.3. The van der Waals surface area contributed by atoms with Crippen molar-refractivity contribution >= 4 is 22.3 Å². The van der Waals surface area contributed by atoms with Crippen LogP contribution < -0.4 is 10.1 Å². The Kier molecular flexibility index (Phi) is 4.58. The van der Waals surface area contributed by atoms with E-state index in [0.29, 0.717) is 6.61 Å². The predicted molar refractivity (Wildman–Crippen MR) is 97.5 cm³/mol. The number of hydrogen-bond donors (Lipinski definition) is 1. The summed E-state index contributed by atoms with van der Waals surface area (Å²) in [7, 11) is 0. The molecule has 0 bridgehead atoms. The van der Waals surface area contributed by atoms with Gasteiger partial charge < -0.3 is 14.8 Å². The zero-order valence-corrected chi connectivity index (χ0v) is 14.6. The van der Waals surface area contributed by atoms with Crippen LogP contribution in [0.1, 0.15) is 12.1 Å². The standard InChI is InChI=1S/C18H18N4O2S/c1-12-8-14(24-13-5-7-23-11-13)9-17(21-12)22-18-20-10-16(25-18)15-4-2-3-6-19-15/h2-4,6,8-10,13H,5,7,11H2,1H3,(H,20,21,22)/t13-/m0/s1. The average molecular weight is 354 g/mol. The minimum Gasteiger partial charge on any atom is -0.488 e. The molecule has 4 heterocycles. The van der Waals surface area contributed by atoms with Crippen LogP contribution in [0.15, 0.2) is 42.7 Å². The van der Waals surface area contributed by atoms with Crippen LogP contribution >= 0.6 is 11.3 Å². The minimum atomic E-state index is 0.116. The van der Waals surface area contributed by atoms with Crippen molar-refractivity contribution in [3.05, 3.63) is 48.4 Å². The van der Waals surface area contributed by atoms with Crippen LogP contribution in [0.5, 0.6) is 5.75 Å². The molecule has 3 aromatic heterocycles. The maximum absolute atomic E-state index is 5.98. The largest absolute Gasteiger partial charge is 0.488 e. The molecule has 128 valence electrons. The van der Waals surface area contributed by atoms with Crippen molar-refractivity contribution in [2.24, 2.45) is 0 Å². The number of aromatic nitrogens is 3. The fraction of sp³-hybridized carbons (Fsp3) is 0.278. The van der Waals surface area contributed by atoms with Crippen LogP contribution in [0.4, 0.5) is 10.9 Å². The van der Waals surface area contributed by atoms with Crippen molar-refractivity contribution in [1.82, 2.24) is 15.0 Å². The zero-order chi connectivity index (χ0) is 17.1. The van der Waals surface area contributed by atoms with Crippen LogP contribution in [-0.2, 0) is 4.74 Å². The van der Waals surface area contributed by atoms with E-state index < -0.39 is 0 Å². The second-order valence-electron chi connectivity index (χ2n) is 5.80. The Morgan fingerprint density at radius 1 is 1.28 bits per heavy atom. The Morgan fingerprint density at radius 3 is 3.04 bits per heavy atom. The van der Waals surface area contributed by atoms with Gasteiger partial charge in [0.05, 0.1) is 23.8 Å². The van der Waals surface area contributed by atoms with Gasteiger partial charge in [-0.1, -0.05) is 17.4 Å². The summed E-state index contributed by atoms with van der Waals surface area (Å²) in [6.45, 7) is 3.35. The second-order valence-corrected chi connectivity index (χ2v) is 6.83. The van der Waals surface area contributed by atoms with Gasteiger partial charge in [-0.15, -0.1) is 0 Å². The first-order valence-corrected chi connectivity index (χ1v) is 8.95. The van der Waals surface area contributed by atoms with Crippen molar-refractivity contribution in [2.75, 3.05) is 18.5 Å². The SMILES string of the molecule is Cc1cc(O[C@H]2CCOC2)cc(Nc2ncc(-c3ccccn3)s2)n1. The molecule has 0 aromatic carbocycles. The maximum Gasteiger partial charge on any atom is 0.188 e. The highest BCUT2D eigenvalue weighted by Crippen LogP contribution is 2.30. The van der Waals surface area contributed by atoms with Gasteiger partial charge in [0.1, 0.15) is 17.7 Å². The summed E-state index contributed by atoms with van der Waals surface area (Å²) in [5.74, 6) is 1.52. The van der Waals surface area contributed by atoms with Gasteiger partial charge in [-0.3, -0.25) is 4.98 Å². The lowest BCUT2D eigenvalue weighted by atomic mass is 10.3. The molecule has 0 amide bonds. The molecule has 4 rings (SSSR count). The Bertz CT molecular complexity index is 847. The third kappa shape index (κ3) is 3.94. The van der Waals surface area contributed by atoms with Crippen molar-refractivity contribution in [2.45, 2.75) is 19.4 Å². The van der Waals surface area contributed by atoms with E-state index in [0.717, 1.165) is 46.0 Å². The highest BCUT2D eigenvalue weighted by atomic mass is 32.1. The van der Waals surface area contributed by atoms with E-state index in [2.05, 4.69) is 20.3 Å². The van der Waals surface area contributed by atoms with Gasteiger partial charge in [-0.25, -0.2) is 9.97 Å². The summed E-state index contributed by atoms with van der Waals surface area (Å²) in [6.07, 6.45) is 4.63. The van der Waals surface area contributed by atoms with E-state index in [9.17, 15) is 0 Å². The quantitative estimate of drug-likeness (QED) is 0.751. The number of aryl methyl sites for hydroxylation is 1. The Morgan fingerprint density at radius 2 is 2.24 bits per heavy atom. The predicted octanol–water partition coefficient (Wildman–Crippen LogP) is 3.82. The number of nitrogens with one attached hydrogen (secondary N) is 1. The van der Waals surface area contributed by atoms with Gasteiger partial charge >= 0.3 is 0 Å². The Balaban J connectivity index is 1.50. The summed E-state index contributed by atoms with van der Waals surface area (Å²) in [5.41, 5.74) is 1.80. The number of rotatable bonds is 5. The van der Waals surface area contributed by atoms with Crippen molar-refractivity contribution in [1.29, 1.82) is 0 Å². The number of pyridine rings is 2. The summed E-state index contributed by atoms with van der Waals surface area (Å²) in [5, 5.41) is 4.03. The Labute approximate surface area is 149 Å². The van der Waals surface area contributed by atoms with E-state index in [4.69, 9.17) is 9.47 Å². The molecule has 1 saturated heterocycles. The Hall–Kier alpha value is -2.51. The van der Waals surface area contributed by atoms with Gasteiger partial charge in [0.25, 0.3) is 0 Å². The molecule has 3 aromatic rings. The normalized spacial score (nSPS) is 16.8. The van der Waals surface area contributed by atoms with Gasteiger partial charge in [-0.2, -0.15) is 0 Å². The molecule has 1 aliphatic rings. The molecule has 7 heteroatoms. The molecule has 0 aliphatic carbocycles.